The molecular weight excluding hydrogens is 348 g/mol. The molecule has 1 amide bonds. The van der Waals surface area contributed by atoms with Crippen LogP contribution in [0.5, 0.6) is 0 Å². The average Bonchev–Trinajstić information content (AvgIpc) is 2.69. The molecule has 0 aliphatic rings. The van der Waals surface area contributed by atoms with E-state index in [2.05, 4.69) is 5.32 Å². The monoisotopic (exact) mass is 368 g/mol. The van der Waals surface area contributed by atoms with E-state index in [0.29, 0.717) is 6.54 Å². The first-order valence-electron chi connectivity index (χ1n) is 8.45. The first-order chi connectivity index (χ1) is 13.1. The number of benzene rings is 2. The van der Waals surface area contributed by atoms with Gasteiger partial charge in [-0.1, -0.05) is 42.5 Å². The Morgan fingerprint density at radius 3 is 2.52 bits per heavy atom. The molecular formula is C20H20N2O5. The van der Waals surface area contributed by atoms with Crippen LogP contribution in [-0.2, 0) is 20.7 Å². The van der Waals surface area contributed by atoms with Crippen molar-refractivity contribution < 1.29 is 19.2 Å². The second-order valence-electron chi connectivity index (χ2n) is 5.70. The molecule has 1 N–H and O–H groups in total. The lowest BCUT2D eigenvalue weighted by Crippen LogP contribution is -2.29. The number of carbonyl (C=O) groups excluding carboxylic acids is 2. The van der Waals surface area contributed by atoms with E-state index in [-0.39, 0.29) is 11.3 Å². The number of aryl methyl sites for hydroxylation is 1. The second kappa shape index (κ2) is 10.5. The highest BCUT2D eigenvalue weighted by Crippen LogP contribution is 2.18. The smallest absolute Gasteiger partial charge is 0.331 e. The summed E-state index contributed by atoms with van der Waals surface area (Å²) in [5.41, 5.74) is 1.36. The fraction of sp³-hybridized carbons (Fsp3) is 0.200. The fourth-order valence-corrected chi connectivity index (χ4v) is 2.35. The van der Waals surface area contributed by atoms with Crippen LogP contribution in [0.2, 0.25) is 0 Å². The van der Waals surface area contributed by atoms with E-state index in [4.69, 9.17) is 4.74 Å². The third kappa shape index (κ3) is 7.11. The molecule has 0 atom stereocenters. The van der Waals surface area contributed by atoms with Crippen LogP contribution in [0.15, 0.2) is 60.7 Å². The summed E-state index contributed by atoms with van der Waals surface area (Å²) in [5.74, 6) is -1.14. The number of para-hydroxylation sites is 1. The molecule has 0 fully saturated rings. The van der Waals surface area contributed by atoms with Crippen LogP contribution in [-0.4, -0.2) is 30.0 Å². The van der Waals surface area contributed by atoms with Crippen molar-refractivity contribution in [3.63, 3.8) is 0 Å². The molecule has 0 spiro atoms. The van der Waals surface area contributed by atoms with E-state index >= 15 is 0 Å². The molecule has 0 unspecified atom stereocenters. The number of ether oxygens (including phenoxy) is 1. The minimum atomic E-state index is -0.743. The zero-order valence-corrected chi connectivity index (χ0v) is 14.7. The van der Waals surface area contributed by atoms with Crippen LogP contribution < -0.4 is 5.32 Å². The lowest BCUT2D eigenvalue weighted by atomic mass is 10.1. The van der Waals surface area contributed by atoms with E-state index < -0.39 is 23.4 Å². The van der Waals surface area contributed by atoms with Crippen molar-refractivity contribution >= 4 is 23.6 Å². The van der Waals surface area contributed by atoms with Gasteiger partial charge in [0.25, 0.3) is 11.6 Å². The number of carbonyl (C=O) groups is 2. The number of esters is 1. The zero-order chi connectivity index (χ0) is 19.5. The van der Waals surface area contributed by atoms with Gasteiger partial charge in [-0.2, -0.15) is 0 Å². The van der Waals surface area contributed by atoms with Crippen molar-refractivity contribution in [2.24, 2.45) is 0 Å². The molecule has 0 saturated heterocycles. The van der Waals surface area contributed by atoms with Crippen LogP contribution in [0.25, 0.3) is 6.08 Å². The van der Waals surface area contributed by atoms with Gasteiger partial charge in [-0.3, -0.25) is 14.9 Å². The summed E-state index contributed by atoms with van der Waals surface area (Å²) in [6.45, 7) is 0.0860. The van der Waals surface area contributed by atoms with Crippen molar-refractivity contribution in [2.45, 2.75) is 12.8 Å². The molecule has 0 aliphatic heterocycles. The van der Waals surface area contributed by atoms with Crippen LogP contribution in [0.3, 0.4) is 0 Å². The normalized spacial score (nSPS) is 10.5. The van der Waals surface area contributed by atoms with Crippen LogP contribution in [0.4, 0.5) is 5.69 Å². The summed E-state index contributed by atoms with van der Waals surface area (Å²) in [5, 5.41) is 13.6. The SMILES string of the molecule is O=C(COC(=O)/C=C/c1ccccc1[N+](=O)[O-])NCCCc1ccccc1. The summed E-state index contributed by atoms with van der Waals surface area (Å²) >= 11 is 0. The molecule has 27 heavy (non-hydrogen) atoms. The van der Waals surface area contributed by atoms with E-state index in [0.717, 1.165) is 18.9 Å². The maximum atomic E-state index is 11.7. The van der Waals surface area contributed by atoms with Crippen LogP contribution in [0.1, 0.15) is 17.5 Å². The Balaban J connectivity index is 1.69. The van der Waals surface area contributed by atoms with Gasteiger partial charge in [-0.25, -0.2) is 4.79 Å². The molecule has 7 heteroatoms. The topological polar surface area (TPSA) is 98.5 Å². The van der Waals surface area contributed by atoms with Gasteiger partial charge in [0.1, 0.15) is 0 Å². The molecule has 140 valence electrons. The number of nitro groups is 1. The third-order valence-electron chi connectivity index (χ3n) is 3.69. The largest absolute Gasteiger partial charge is 0.452 e. The maximum absolute atomic E-state index is 11.7. The molecule has 7 nitrogen and oxygen atoms in total. The highest BCUT2D eigenvalue weighted by Gasteiger charge is 2.10. The average molecular weight is 368 g/mol. The molecule has 0 radical (unpaired) electrons. The Labute approximate surface area is 156 Å². The van der Waals surface area contributed by atoms with Gasteiger partial charge in [0.15, 0.2) is 6.61 Å². The van der Waals surface area contributed by atoms with E-state index in [1.165, 1.54) is 29.8 Å². The molecule has 2 rings (SSSR count). The Morgan fingerprint density at radius 2 is 1.78 bits per heavy atom. The fourth-order valence-electron chi connectivity index (χ4n) is 2.35. The van der Waals surface area contributed by atoms with Gasteiger partial charge < -0.3 is 10.1 Å². The van der Waals surface area contributed by atoms with E-state index in [1.807, 2.05) is 30.3 Å². The first-order valence-corrected chi connectivity index (χ1v) is 8.45. The van der Waals surface area contributed by atoms with Gasteiger partial charge in [0.2, 0.25) is 0 Å². The van der Waals surface area contributed by atoms with Crippen molar-refractivity contribution in [3.05, 3.63) is 81.9 Å². The molecule has 0 saturated carbocycles. The van der Waals surface area contributed by atoms with Gasteiger partial charge in [-0.05, 0) is 30.5 Å². The Kier molecular flexibility index (Phi) is 7.71. The Hall–Kier alpha value is -3.48. The number of amides is 1. The summed E-state index contributed by atoms with van der Waals surface area (Å²) in [4.78, 5) is 33.7. The van der Waals surface area contributed by atoms with Crippen LogP contribution in [0, 0.1) is 10.1 Å². The zero-order valence-electron chi connectivity index (χ0n) is 14.7. The van der Waals surface area contributed by atoms with Crippen LogP contribution >= 0.6 is 0 Å². The van der Waals surface area contributed by atoms with Gasteiger partial charge >= 0.3 is 5.97 Å². The van der Waals surface area contributed by atoms with Crippen molar-refractivity contribution in [2.75, 3.05) is 13.2 Å². The Bertz CT molecular complexity index is 818. The summed E-state index contributed by atoms with van der Waals surface area (Å²) in [6.07, 6.45) is 3.98. The number of nitrogens with zero attached hydrogens (tertiary/aromatic N) is 1. The second-order valence-corrected chi connectivity index (χ2v) is 5.70. The number of nitrogens with one attached hydrogen (secondary N) is 1. The Morgan fingerprint density at radius 1 is 1.07 bits per heavy atom. The number of nitro benzene ring substituents is 1. The van der Waals surface area contributed by atoms with Gasteiger partial charge in [-0.15, -0.1) is 0 Å². The van der Waals surface area contributed by atoms with Crippen molar-refractivity contribution in [1.82, 2.24) is 5.32 Å². The number of rotatable bonds is 9. The van der Waals surface area contributed by atoms with Gasteiger partial charge in [0.05, 0.1) is 10.5 Å². The first kappa shape index (κ1) is 19.8. The molecule has 0 aromatic heterocycles. The maximum Gasteiger partial charge on any atom is 0.331 e. The van der Waals surface area contributed by atoms with Crippen molar-refractivity contribution in [3.8, 4) is 0 Å². The summed E-state index contributed by atoms with van der Waals surface area (Å²) in [6, 6.07) is 15.9. The predicted octanol–water partition coefficient (Wildman–Crippen LogP) is 2.90. The molecule has 2 aromatic rings. The number of hydrogen-bond acceptors (Lipinski definition) is 5. The molecule has 0 bridgehead atoms. The van der Waals surface area contributed by atoms with E-state index in [1.54, 1.807) is 6.07 Å². The minimum Gasteiger partial charge on any atom is -0.452 e. The summed E-state index contributed by atoms with van der Waals surface area (Å²) in [7, 11) is 0. The minimum absolute atomic E-state index is 0.113. The van der Waals surface area contributed by atoms with Gasteiger partial charge in [0, 0.05) is 18.7 Å². The van der Waals surface area contributed by atoms with E-state index in [9.17, 15) is 19.7 Å². The number of hydrogen-bond donors (Lipinski definition) is 1. The quantitative estimate of drug-likeness (QED) is 0.241. The highest BCUT2D eigenvalue weighted by molar-refractivity contribution is 5.89. The standard InChI is InChI=1S/C20H20N2O5/c23-19(21-14-6-9-16-7-2-1-3-8-16)15-27-20(24)13-12-17-10-4-5-11-18(17)22(25)26/h1-5,7-8,10-13H,6,9,14-15H2,(H,21,23)/b13-12+. The predicted molar refractivity (Wildman–Crippen MR) is 101 cm³/mol. The third-order valence-corrected chi connectivity index (χ3v) is 3.69. The molecule has 0 heterocycles. The van der Waals surface area contributed by atoms with Crippen molar-refractivity contribution in [1.29, 1.82) is 0 Å². The molecule has 0 aliphatic carbocycles. The lowest BCUT2D eigenvalue weighted by molar-refractivity contribution is -0.385. The summed E-state index contributed by atoms with van der Waals surface area (Å²) < 4.78 is 4.83. The lowest BCUT2D eigenvalue weighted by Gasteiger charge is -2.05. The molecule has 2 aromatic carbocycles. The highest BCUT2D eigenvalue weighted by atomic mass is 16.6.